The van der Waals surface area contributed by atoms with Gasteiger partial charge in [0.2, 0.25) is 0 Å². The van der Waals surface area contributed by atoms with Gasteiger partial charge in [-0.2, -0.15) is 0 Å². The van der Waals surface area contributed by atoms with Crippen LogP contribution in [0.25, 0.3) is 10.9 Å². The fourth-order valence-electron chi connectivity index (χ4n) is 1.96. The molecule has 0 saturated heterocycles. The van der Waals surface area contributed by atoms with E-state index in [-0.39, 0.29) is 5.56 Å². The number of rotatable bonds is 3. The molecule has 6 heteroatoms. The Kier molecular flexibility index (Phi) is 4.19. The van der Waals surface area contributed by atoms with E-state index in [1.807, 2.05) is 18.2 Å². The van der Waals surface area contributed by atoms with Crippen LogP contribution in [0.2, 0.25) is 10.0 Å². The number of aromatic nitrogens is 2. The second kappa shape index (κ2) is 6.10. The molecule has 0 aliphatic rings. The minimum absolute atomic E-state index is 0.138. The molecule has 2 aromatic carbocycles. The fourth-order valence-corrected chi connectivity index (χ4v) is 3.52. The highest BCUT2D eigenvalue weighted by Crippen LogP contribution is 2.35. The summed E-state index contributed by atoms with van der Waals surface area (Å²) in [5, 5.41) is 1.77. The standard InChI is InChI=1S/C15H10Cl2N2OS/c16-10-5-3-6-11(17)14(10)21-8-13-18-12-7-2-1-4-9(12)15(20)19-13/h1-7H,8H2,(H,18,19,20). The Hall–Kier alpha value is -1.49. The van der Waals surface area contributed by atoms with Crippen molar-refractivity contribution in [2.45, 2.75) is 10.6 Å². The number of aromatic amines is 1. The van der Waals surface area contributed by atoms with Gasteiger partial charge in [0, 0.05) is 4.90 Å². The minimum atomic E-state index is -0.138. The van der Waals surface area contributed by atoms with Gasteiger partial charge < -0.3 is 4.98 Å². The van der Waals surface area contributed by atoms with E-state index >= 15 is 0 Å². The van der Waals surface area contributed by atoms with E-state index in [0.29, 0.717) is 32.5 Å². The third kappa shape index (κ3) is 3.07. The molecular formula is C15H10Cl2N2OS. The average molecular weight is 337 g/mol. The SMILES string of the molecule is O=c1[nH]c(CSc2c(Cl)cccc2Cl)nc2ccccc12. The van der Waals surface area contributed by atoms with E-state index in [9.17, 15) is 4.79 Å². The molecule has 0 radical (unpaired) electrons. The Morgan fingerprint density at radius 2 is 1.76 bits per heavy atom. The number of nitrogens with zero attached hydrogens (tertiary/aromatic N) is 1. The van der Waals surface area contributed by atoms with Crippen molar-refractivity contribution >= 4 is 45.9 Å². The van der Waals surface area contributed by atoms with Crippen molar-refractivity contribution in [1.82, 2.24) is 9.97 Å². The number of fused-ring (bicyclic) bond motifs is 1. The smallest absolute Gasteiger partial charge is 0.258 e. The van der Waals surface area contributed by atoms with Crippen molar-refractivity contribution in [3.05, 3.63) is 68.7 Å². The van der Waals surface area contributed by atoms with E-state index in [2.05, 4.69) is 9.97 Å². The van der Waals surface area contributed by atoms with E-state index in [4.69, 9.17) is 23.2 Å². The molecule has 0 unspecified atom stereocenters. The molecule has 0 fully saturated rings. The van der Waals surface area contributed by atoms with Gasteiger partial charge in [-0.3, -0.25) is 4.79 Å². The quantitative estimate of drug-likeness (QED) is 0.715. The summed E-state index contributed by atoms with van der Waals surface area (Å²) in [4.78, 5) is 20.0. The predicted octanol–water partition coefficient (Wildman–Crippen LogP) is 4.52. The number of halogens is 2. The molecule has 21 heavy (non-hydrogen) atoms. The second-order valence-electron chi connectivity index (χ2n) is 4.37. The summed E-state index contributed by atoms with van der Waals surface area (Å²) in [7, 11) is 0. The van der Waals surface area contributed by atoms with Gasteiger partial charge in [-0.1, -0.05) is 41.4 Å². The summed E-state index contributed by atoms with van der Waals surface area (Å²) in [6, 6.07) is 12.6. The van der Waals surface area contributed by atoms with Crippen molar-refractivity contribution < 1.29 is 0 Å². The second-order valence-corrected chi connectivity index (χ2v) is 6.17. The Labute approximate surface area is 135 Å². The van der Waals surface area contributed by atoms with Gasteiger partial charge in [0.15, 0.2) is 0 Å². The van der Waals surface area contributed by atoms with Gasteiger partial charge >= 0.3 is 0 Å². The maximum Gasteiger partial charge on any atom is 0.258 e. The van der Waals surface area contributed by atoms with Crippen molar-refractivity contribution in [1.29, 1.82) is 0 Å². The number of nitrogens with one attached hydrogen (secondary N) is 1. The van der Waals surface area contributed by atoms with E-state index in [0.717, 1.165) is 4.90 Å². The first-order chi connectivity index (χ1) is 10.1. The topological polar surface area (TPSA) is 45.8 Å². The summed E-state index contributed by atoms with van der Waals surface area (Å²) in [5.74, 6) is 1.09. The summed E-state index contributed by atoms with van der Waals surface area (Å²) < 4.78 is 0. The number of thioether (sulfide) groups is 1. The average Bonchev–Trinajstić information content (AvgIpc) is 2.47. The van der Waals surface area contributed by atoms with Crippen LogP contribution in [0.5, 0.6) is 0 Å². The summed E-state index contributed by atoms with van der Waals surface area (Å²) in [6.45, 7) is 0. The first kappa shape index (κ1) is 14.4. The molecule has 3 aromatic rings. The molecule has 0 amide bonds. The summed E-state index contributed by atoms with van der Waals surface area (Å²) >= 11 is 13.7. The van der Waals surface area contributed by atoms with Crippen molar-refractivity contribution in [2.24, 2.45) is 0 Å². The number of para-hydroxylation sites is 1. The fraction of sp³-hybridized carbons (Fsp3) is 0.0667. The number of hydrogen-bond acceptors (Lipinski definition) is 3. The minimum Gasteiger partial charge on any atom is -0.309 e. The molecule has 0 atom stereocenters. The summed E-state index contributed by atoms with van der Waals surface area (Å²) in [6.07, 6.45) is 0. The lowest BCUT2D eigenvalue weighted by molar-refractivity contribution is 1.04. The summed E-state index contributed by atoms with van der Waals surface area (Å²) in [5.41, 5.74) is 0.545. The number of hydrogen-bond donors (Lipinski definition) is 1. The highest BCUT2D eigenvalue weighted by atomic mass is 35.5. The largest absolute Gasteiger partial charge is 0.309 e. The van der Waals surface area contributed by atoms with Crippen LogP contribution in [0, 0.1) is 0 Å². The van der Waals surface area contributed by atoms with Crippen LogP contribution in [0.3, 0.4) is 0 Å². The van der Waals surface area contributed by atoms with Crippen LogP contribution in [0.15, 0.2) is 52.2 Å². The van der Waals surface area contributed by atoms with Gasteiger partial charge in [0.05, 0.1) is 26.7 Å². The lowest BCUT2D eigenvalue weighted by Gasteiger charge is -2.06. The predicted molar refractivity (Wildman–Crippen MR) is 88.4 cm³/mol. The lowest BCUT2D eigenvalue weighted by Crippen LogP contribution is -2.11. The Morgan fingerprint density at radius 1 is 1.05 bits per heavy atom. The number of benzene rings is 2. The van der Waals surface area contributed by atoms with E-state index < -0.39 is 0 Å². The molecule has 0 spiro atoms. The van der Waals surface area contributed by atoms with Gasteiger partial charge in [0.1, 0.15) is 5.82 Å². The zero-order chi connectivity index (χ0) is 14.8. The Morgan fingerprint density at radius 3 is 2.52 bits per heavy atom. The van der Waals surface area contributed by atoms with Crippen LogP contribution in [-0.2, 0) is 5.75 Å². The molecule has 1 heterocycles. The third-order valence-corrected chi connectivity index (χ3v) is 4.93. The zero-order valence-corrected chi connectivity index (χ0v) is 13.1. The third-order valence-electron chi connectivity index (χ3n) is 2.93. The molecule has 0 aliphatic heterocycles. The van der Waals surface area contributed by atoms with Gasteiger partial charge in [-0.25, -0.2) is 4.98 Å². The van der Waals surface area contributed by atoms with Crippen LogP contribution in [-0.4, -0.2) is 9.97 Å². The first-order valence-corrected chi connectivity index (χ1v) is 7.94. The highest BCUT2D eigenvalue weighted by Gasteiger charge is 2.08. The number of H-pyrrole nitrogens is 1. The molecular weight excluding hydrogens is 327 g/mol. The Balaban J connectivity index is 1.91. The van der Waals surface area contributed by atoms with Crippen LogP contribution >= 0.6 is 35.0 Å². The molecule has 0 bridgehead atoms. The molecule has 1 aromatic heterocycles. The van der Waals surface area contributed by atoms with E-state index in [1.54, 1.807) is 24.3 Å². The zero-order valence-electron chi connectivity index (χ0n) is 10.8. The maximum absolute atomic E-state index is 12.0. The molecule has 0 saturated carbocycles. The van der Waals surface area contributed by atoms with Crippen molar-refractivity contribution in [2.75, 3.05) is 0 Å². The van der Waals surface area contributed by atoms with Crippen LogP contribution in [0.1, 0.15) is 5.82 Å². The Bertz CT molecular complexity index is 843. The normalized spacial score (nSPS) is 11.0. The molecule has 3 rings (SSSR count). The molecule has 0 aliphatic carbocycles. The van der Waals surface area contributed by atoms with E-state index in [1.165, 1.54) is 11.8 Å². The maximum atomic E-state index is 12.0. The highest BCUT2D eigenvalue weighted by molar-refractivity contribution is 7.98. The van der Waals surface area contributed by atoms with Gasteiger partial charge in [-0.15, -0.1) is 11.8 Å². The monoisotopic (exact) mass is 336 g/mol. The van der Waals surface area contributed by atoms with Gasteiger partial charge in [0.25, 0.3) is 5.56 Å². The van der Waals surface area contributed by atoms with Crippen LogP contribution in [0.4, 0.5) is 0 Å². The molecule has 3 nitrogen and oxygen atoms in total. The molecule has 1 N–H and O–H groups in total. The van der Waals surface area contributed by atoms with Gasteiger partial charge in [-0.05, 0) is 24.3 Å². The lowest BCUT2D eigenvalue weighted by atomic mass is 10.2. The van der Waals surface area contributed by atoms with Crippen molar-refractivity contribution in [3.63, 3.8) is 0 Å². The van der Waals surface area contributed by atoms with Crippen molar-refractivity contribution in [3.8, 4) is 0 Å². The first-order valence-electron chi connectivity index (χ1n) is 6.20. The van der Waals surface area contributed by atoms with Crippen LogP contribution < -0.4 is 5.56 Å². The molecule has 106 valence electrons.